The molecule has 0 saturated heterocycles. The van der Waals surface area contributed by atoms with Crippen molar-refractivity contribution < 1.29 is 24.2 Å². The lowest BCUT2D eigenvalue weighted by molar-refractivity contribution is -0.130. The van der Waals surface area contributed by atoms with Gasteiger partial charge in [0, 0.05) is 18.9 Å². The SMILES string of the molecule is CC(=O)N1N=C(c2ccc3c(c2)OCO3)CC1c1ccc(C(=O)O)cc1. The minimum absolute atomic E-state index is 0.173. The summed E-state index contributed by atoms with van der Waals surface area (Å²) in [7, 11) is 0. The van der Waals surface area contributed by atoms with Crippen LogP contribution < -0.4 is 9.47 Å². The highest BCUT2D eigenvalue weighted by Gasteiger charge is 2.32. The Morgan fingerprint density at radius 1 is 1.12 bits per heavy atom. The molecule has 132 valence electrons. The molecule has 2 aromatic rings. The Balaban J connectivity index is 1.64. The summed E-state index contributed by atoms with van der Waals surface area (Å²) in [4.78, 5) is 23.1. The highest BCUT2D eigenvalue weighted by Crippen LogP contribution is 2.37. The van der Waals surface area contributed by atoms with Crippen LogP contribution in [0.3, 0.4) is 0 Å². The van der Waals surface area contributed by atoms with Gasteiger partial charge in [0.15, 0.2) is 11.5 Å². The molecular weight excluding hydrogens is 336 g/mol. The maximum absolute atomic E-state index is 12.0. The number of hydrazone groups is 1. The molecule has 2 heterocycles. The Kier molecular flexibility index (Phi) is 3.84. The Hall–Kier alpha value is -3.35. The highest BCUT2D eigenvalue weighted by atomic mass is 16.7. The van der Waals surface area contributed by atoms with Crippen LogP contribution in [-0.4, -0.2) is 34.5 Å². The van der Waals surface area contributed by atoms with Crippen LogP contribution in [0.4, 0.5) is 0 Å². The van der Waals surface area contributed by atoms with Crippen molar-refractivity contribution in [2.75, 3.05) is 6.79 Å². The first-order chi connectivity index (χ1) is 12.5. The monoisotopic (exact) mass is 352 g/mol. The van der Waals surface area contributed by atoms with Gasteiger partial charge in [0.2, 0.25) is 12.7 Å². The standard InChI is InChI=1S/C19H16N2O5/c1-11(22)21-16(12-2-4-13(5-3-12)19(23)24)9-15(20-21)14-6-7-17-18(8-14)26-10-25-17/h2-8,16H,9-10H2,1H3,(H,23,24). The number of nitrogens with zero attached hydrogens (tertiary/aromatic N) is 2. The summed E-state index contributed by atoms with van der Waals surface area (Å²) in [5.74, 6) is 0.196. The fourth-order valence-electron chi connectivity index (χ4n) is 3.16. The largest absolute Gasteiger partial charge is 0.478 e. The van der Waals surface area contributed by atoms with Gasteiger partial charge in [-0.1, -0.05) is 12.1 Å². The number of amides is 1. The molecule has 1 N–H and O–H groups in total. The molecule has 0 bridgehead atoms. The quantitative estimate of drug-likeness (QED) is 0.918. The summed E-state index contributed by atoms with van der Waals surface area (Å²) in [6.45, 7) is 1.66. The van der Waals surface area contributed by atoms with Crippen molar-refractivity contribution >= 4 is 17.6 Å². The minimum Gasteiger partial charge on any atom is -0.478 e. The number of rotatable bonds is 3. The molecule has 0 radical (unpaired) electrons. The molecule has 0 aromatic heterocycles. The molecule has 7 nitrogen and oxygen atoms in total. The molecule has 1 unspecified atom stereocenters. The van der Waals surface area contributed by atoms with Crippen molar-refractivity contribution in [2.24, 2.45) is 5.10 Å². The molecule has 0 spiro atoms. The van der Waals surface area contributed by atoms with E-state index in [9.17, 15) is 9.59 Å². The van der Waals surface area contributed by atoms with Crippen molar-refractivity contribution in [1.29, 1.82) is 0 Å². The lowest BCUT2D eigenvalue weighted by Crippen LogP contribution is -2.24. The predicted octanol–water partition coefficient (Wildman–Crippen LogP) is 2.81. The molecule has 2 aliphatic rings. The van der Waals surface area contributed by atoms with Crippen LogP contribution >= 0.6 is 0 Å². The van der Waals surface area contributed by atoms with Crippen LogP contribution in [0.15, 0.2) is 47.6 Å². The van der Waals surface area contributed by atoms with Crippen molar-refractivity contribution in [3.63, 3.8) is 0 Å². The van der Waals surface area contributed by atoms with Gasteiger partial charge in [-0.3, -0.25) is 4.79 Å². The molecule has 4 rings (SSSR count). The number of carboxylic acid groups (broad SMARTS) is 1. The fraction of sp³-hybridized carbons (Fsp3) is 0.211. The van der Waals surface area contributed by atoms with Gasteiger partial charge in [-0.25, -0.2) is 9.80 Å². The number of benzene rings is 2. The second kappa shape index (κ2) is 6.18. The van der Waals surface area contributed by atoms with Gasteiger partial charge in [-0.2, -0.15) is 5.10 Å². The Bertz CT molecular complexity index is 920. The van der Waals surface area contributed by atoms with E-state index in [1.165, 1.54) is 24.1 Å². The van der Waals surface area contributed by atoms with Gasteiger partial charge in [-0.15, -0.1) is 0 Å². The van der Waals surface area contributed by atoms with Gasteiger partial charge >= 0.3 is 5.97 Å². The molecule has 0 aliphatic carbocycles. The molecule has 7 heteroatoms. The third-order valence-corrected chi connectivity index (χ3v) is 4.48. The van der Waals surface area contributed by atoms with Crippen molar-refractivity contribution in [3.05, 3.63) is 59.2 Å². The fourth-order valence-corrected chi connectivity index (χ4v) is 3.16. The lowest BCUT2D eigenvalue weighted by atomic mass is 9.97. The summed E-state index contributed by atoms with van der Waals surface area (Å²) in [6.07, 6.45) is 0.533. The first-order valence-corrected chi connectivity index (χ1v) is 8.13. The average Bonchev–Trinajstić information content (AvgIpc) is 3.28. The van der Waals surface area contributed by atoms with Crippen LogP contribution in [0.2, 0.25) is 0 Å². The summed E-state index contributed by atoms with van der Waals surface area (Å²) < 4.78 is 10.7. The number of carbonyl (C=O) groups is 2. The zero-order valence-electron chi connectivity index (χ0n) is 14.0. The zero-order chi connectivity index (χ0) is 18.3. The van der Waals surface area contributed by atoms with Gasteiger partial charge < -0.3 is 14.6 Å². The summed E-state index contributed by atoms with van der Waals surface area (Å²) in [5.41, 5.74) is 2.68. The van der Waals surface area contributed by atoms with Crippen molar-refractivity contribution in [1.82, 2.24) is 5.01 Å². The van der Waals surface area contributed by atoms with Crippen LogP contribution in [-0.2, 0) is 4.79 Å². The van der Waals surface area contributed by atoms with E-state index in [-0.39, 0.29) is 24.3 Å². The van der Waals surface area contributed by atoms with E-state index in [4.69, 9.17) is 14.6 Å². The molecule has 0 fully saturated rings. The number of carbonyl (C=O) groups excluding carboxylic acids is 1. The first-order valence-electron chi connectivity index (χ1n) is 8.13. The molecular formula is C19H16N2O5. The summed E-state index contributed by atoms with van der Waals surface area (Å²) >= 11 is 0. The second-order valence-electron chi connectivity index (χ2n) is 6.13. The Morgan fingerprint density at radius 3 is 2.54 bits per heavy atom. The average molecular weight is 352 g/mol. The molecule has 0 saturated carbocycles. The number of ether oxygens (including phenoxy) is 2. The van der Waals surface area contributed by atoms with E-state index in [0.29, 0.717) is 17.9 Å². The number of aromatic carboxylic acids is 1. The van der Waals surface area contributed by atoms with Crippen LogP contribution in [0.5, 0.6) is 11.5 Å². The van der Waals surface area contributed by atoms with Gasteiger partial charge in [0.25, 0.3) is 0 Å². The van der Waals surface area contributed by atoms with Gasteiger partial charge in [0.05, 0.1) is 17.3 Å². The molecule has 26 heavy (non-hydrogen) atoms. The topological polar surface area (TPSA) is 88.4 Å². The molecule has 1 atom stereocenters. The van der Waals surface area contributed by atoms with Crippen molar-refractivity contribution in [3.8, 4) is 11.5 Å². The summed E-state index contributed by atoms with van der Waals surface area (Å²) in [5, 5.41) is 15.0. The zero-order valence-corrected chi connectivity index (χ0v) is 14.0. The van der Waals surface area contributed by atoms with Gasteiger partial charge in [-0.05, 0) is 35.9 Å². The smallest absolute Gasteiger partial charge is 0.335 e. The van der Waals surface area contributed by atoms with Crippen LogP contribution in [0.1, 0.15) is 40.9 Å². The van der Waals surface area contributed by atoms with Crippen molar-refractivity contribution in [2.45, 2.75) is 19.4 Å². The first kappa shape index (κ1) is 16.1. The van der Waals surface area contributed by atoms with E-state index >= 15 is 0 Å². The lowest BCUT2D eigenvalue weighted by Gasteiger charge is -2.20. The Morgan fingerprint density at radius 2 is 1.85 bits per heavy atom. The molecule has 2 aromatic carbocycles. The second-order valence-corrected chi connectivity index (χ2v) is 6.13. The van der Waals surface area contributed by atoms with E-state index in [1.807, 2.05) is 18.2 Å². The number of hydrogen-bond acceptors (Lipinski definition) is 5. The van der Waals surface area contributed by atoms with E-state index in [2.05, 4.69) is 5.10 Å². The maximum Gasteiger partial charge on any atom is 0.335 e. The molecule has 2 aliphatic heterocycles. The third-order valence-electron chi connectivity index (χ3n) is 4.48. The predicted molar refractivity (Wildman–Crippen MR) is 92.4 cm³/mol. The highest BCUT2D eigenvalue weighted by molar-refractivity contribution is 6.03. The summed E-state index contributed by atoms with van der Waals surface area (Å²) in [6, 6.07) is 11.8. The number of fused-ring (bicyclic) bond motifs is 1. The maximum atomic E-state index is 12.0. The normalized spacial score (nSPS) is 18.0. The van der Waals surface area contributed by atoms with E-state index in [1.54, 1.807) is 12.1 Å². The van der Waals surface area contributed by atoms with E-state index in [0.717, 1.165) is 16.8 Å². The number of carboxylic acids is 1. The van der Waals surface area contributed by atoms with E-state index < -0.39 is 5.97 Å². The molecule has 1 amide bonds. The van der Waals surface area contributed by atoms with Crippen LogP contribution in [0.25, 0.3) is 0 Å². The number of hydrogen-bond donors (Lipinski definition) is 1. The third kappa shape index (κ3) is 2.77. The van der Waals surface area contributed by atoms with Gasteiger partial charge in [0.1, 0.15) is 0 Å². The Labute approximate surface area is 149 Å². The van der Waals surface area contributed by atoms with Crippen LogP contribution in [0, 0.1) is 0 Å². The minimum atomic E-state index is -0.983.